The molecule has 0 radical (unpaired) electrons. The number of carbonyl (C=O) groups excluding carboxylic acids is 1. The molecule has 3 aromatic carbocycles. The Kier molecular flexibility index (Phi) is 5.38. The van der Waals surface area contributed by atoms with Gasteiger partial charge in [-0.05, 0) is 30.7 Å². The van der Waals surface area contributed by atoms with E-state index in [0.717, 1.165) is 11.1 Å². The van der Waals surface area contributed by atoms with Crippen LogP contribution in [-0.2, 0) is 15.6 Å². The lowest BCUT2D eigenvalue weighted by atomic mass is 10.00. The van der Waals surface area contributed by atoms with Crippen LogP contribution in [0.1, 0.15) is 27.2 Å². The van der Waals surface area contributed by atoms with Crippen molar-refractivity contribution in [2.45, 2.75) is 17.6 Å². The first-order valence-electron chi connectivity index (χ1n) is 9.60. The first kappa shape index (κ1) is 19.9. The number of rotatable bonds is 6. The molecule has 0 fully saturated rings. The van der Waals surface area contributed by atoms with Crippen LogP contribution < -0.4 is 0 Å². The maximum Gasteiger partial charge on any atom is 0.195 e. The van der Waals surface area contributed by atoms with Gasteiger partial charge in [0.05, 0.1) is 16.3 Å². The number of aromatic nitrogens is 1. The van der Waals surface area contributed by atoms with E-state index in [4.69, 9.17) is 0 Å². The molecule has 5 heteroatoms. The van der Waals surface area contributed by atoms with E-state index in [-0.39, 0.29) is 16.4 Å². The molecular weight excluding hydrogens is 394 g/mol. The molecule has 30 heavy (non-hydrogen) atoms. The Labute approximate surface area is 176 Å². The van der Waals surface area contributed by atoms with Gasteiger partial charge in [0.25, 0.3) is 0 Å². The van der Waals surface area contributed by atoms with Gasteiger partial charge >= 0.3 is 0 Å². The molecule has 0 saturated heterocycles. The summed E-state index contributed by atoms with van der Waals surface area (Å²) in [7, 11) is -3.55. The van der Waals surface area contributed by atoms with Gasteiger partial charge in [-0.3, -0.25) is 4.79 Å². The lowest BCUT2D eigenvalue weighted by Gasteiger charge is -2.04. The SMILES string of the molecule is Cc1ccc(S(=O)(=O)Cc2cc(C(=O)c3ccccc3)c(-c3ccccc3)[nH]2)cc1. The fourth-order valence-electron chi connectivity index (χ4n) is 3.38. The van der Waals surface area contributed by atoms with E-state index in [2.05, 4.69) is 4.98 Å². The smallest absolute Gasteiger partial charge is 0.195 e. The van der Waals surface area contributed by atoms with Crippen molar-refractivity contribution in [3.05, 3.63) is 113 Å². The van der Waals surface area contributed by atoms with Gasteiger partial charge in [0.15, 0.2) is 15.6 Å². The molecule has 4 rings (SSSR count). The van der Waals surface area contributed by atoms with E-state index >= 15 is 0 Å². The maximum absolute atomic E-state index is 13.2. The number of ketones is 1. The quantitative estimate of drug-likeness (QED) is 0.441. The fourth-order valence-corrected chi connectivity index (χ4v) is 4.66. The second-order valence-corrected chi connectivity index (χ2v) is 9.21. The number of H-pyrrole nitrogens is 1. The van der Waals surface area contributed by atoms with Crippen LogP contribution in [0.2, 0.25) is 0 Å². The summed E-state index contributed by atoms with van der Waals surface area (Å²) in [4.78, 5) is 16.6. The molecule has 0 saturated carbocycles. The van der Waals surface area contributed by atoms with Crippen molar-refractivity contribution < 1.29 is 13.2 Å². The highest BCUT2D eigenvalue weighted by atomic mass is 32.2. The van der Waals surface area contributed by atoms with Gasteiger partial charge in [-0.25, -0.2) is 8.42 Å². The number of aromatic amines is 1. The molecule has 1 aromatic heterocycles. The molecule has 0 amide bonds. The van der Waals surface area contributed by atoms with E-state index in [1.165, 1.54) is 0 Å². The van der Waals surface area contributed by atoms with E-state index in [0.29, 0.717) is 22.5 Å². The molecule has 150 valence electrons. The molecule has 1 heterocycles. The van der Waals surface area contributed by atoms with Crippen molar-refractivity contribution in [2.24, 2.45) is 0 Å². The van der Waals surface area contributed by atoms with Crippen LogP contribution in [0.25, 0.3) is 11.3 Å². The van der Waals surface area contributed by atoms with Gasteiger partial charge in [-0.1, -0.05) is 78.4 Å². The molecule has 1 N–H and O–H groups in total. The number of carbonyl (C=O) groups is 1. The van der Waals surface area contributed by atoms with Crippen LogP contribution in [0.15, 0.2) is 95.9 Å². The Hall–Kier alpha value is -3.44. The Balaban J connectivity index is 1.76. The van der Waals surface area contributed by atoms with Crippen molar-refractivity contribution in [3.63, 3.8) is 0 Å². The second kappa shape index (κ2) is 8.13. The summed E-state index contributed by atoms with van der Waals surface area (Å²) in [6, 6.07) is 26.9. The summed E-state index contributed by atoms with van der Waals surface area (Å²) in [5.41, 5.74) is 3.95. The summed E-state index contributed by atoms with van der Waals surface area (Å²) in [5.74, 6) is -0.359. The Morgan fingerprint density at radius 3 is 2.07 bits per heavy atom. The van der Waals surface area contributed by atoms with Gasteiger partial charge in [-0.2, -0.15) is 0 Å². The molecule has 0 spiro atoms. The summed E-state index contributed by atoms with van der Waals surface area (Å²) in [6.45, 7) is 1.91. The van der Waals surface area contributed by atoms with Crippen molar-refractivity contribution in [1.29, 1.82) is 0 Å². The molecule has 0 bridgehead atoms. The zero-order valence-electron chi connectivity index (χ0n) is 16.5. The highest BCUT2D eigenvalue weighted by Gasteiger charge is 2.22. The molecule has 0 aliphatic carbocycles. The number of aryl methyl sites for hydroxylation is 1. The number of sulfone groups is 1. The third-order valence-corrected chi connectivity index (χ3v) is 6.62. The van der Waals surface area contributed by atoms with Crippen LogP contribution >= 0.6 is 0 Å². The van der Waals surface area contributed by atoms with E-state index in [1.807, 2.05) is 55.5 Å². The van der Waals surface area contributed by atoms with Crippen LogP contribution in [0.5, 0.6) is 0 Å². The zero-order chi connectivity index (χ0) is 21.1. The van der Waals surface area contributed by atoms with E-state index in [1.54, 1.807) is 42.5 Å². The van der Waals surface area contributed by atoms with E-state index in [9.17, 15) is 13.2 Å². The van der Waals surface area contributed by atoms with Crippen LogP contribution in [0.3, 0.4) is 0 Å². The second-order valence-electron chi connectivity index (χ2n) is 7.22. The lowest BCUT2D eigenvalue weighted by Crippen LogP contribution is -2.05. The fraction of sp³-hybridized carbons (Fsp3) is 0.0800. The van der Waals surface area contributed by atoms with Crippen LogP contribution in [0, 0.1) is 6.92 Å². The number of hydrogen-bond donors (Lipinski definition) is 1. The third-order valence-electron chi connectivity index (χ3n) is 4.94. The Bertz CT molecular complexity index is 1270. The summed E-state index contributed by atoms with van der Waals surface area (Å²) in [5, 5.41) is 0. The summed E-state index contributed by atoms with van der Waals surface area (Å²) >= 11 is 0. The molecule has 4 aromatic rings. The van der Waals surface area contributed by atoms with E-state index < -0.39 is 9.84 Å². The third kappa shape index (κ3) is 4.11. The summed E-state index contributed by atoms with van der Waals surface area (Å²) < 4.78 is 25.8. The summed E-state index contributed by atoms with van der Waals surface area (Å²) in [6.07, 6.45) is 0. The Morgan fingerprint density at radius 1 is 0.833 bits per heavy atom. The minimum Gasteiger partial charge on any atom is -0.357 e. The van der Waals surface area contributed by atoms with Gasteiger partial charge in [0.1, 0.15) is 0 Å². The average Bonchev–Trinajstić information content (AvgIpc) is 3.18. The maximum atomic E-state index is 13.2. The lowest BCUT2D eigenvalue weighted by molar-refractivity contribution is 0.103. The Morgan fingerprint density at radius 2 is 1.43 bits per heavy atom. The normalized spacial score (nSPS) is 11.4. The molecule has 0 aliphatic rings. The predicted molar refractivity (Wildman–Crippen MR) is 118 cm³/mol. The first-order valence-corrected chi connectivity index (χ1v) is 11.3. The number of benzene rings is 3. The van der Waals surface area contributed by atoms with Crippen molar-refractivity contribution >= 4 is 15.6 Å². The van der Waals surface area contributed by atoms with Gasteiger partial charge in [-0.15, -0.1) is 0 Å². The average molecular weight is 416 g/mol. The monoisotopic (exact) mass is 415 g/mol. The standard InChI is InChI=1S/C25H21NO3S/c1-18-12-14-22(15-13-18)30(28,29)17-21-16-23(25(27)20-10-6-3-7-11-20)24(26-21)19-8-4-2-5-9-19/h2-16,26H,17H2,1H3. The molecular formula is C25H21NO3S. The van der Waals surface area contributed by atoms with Gasteiger partial charge < -0.3 is 4.98 Å². The molecule has 0 atom stereocenters. The minimum absolute atomic E-state index is 0.148. The van der Waals surface area contributed by atoms with Crippen molar-refractivity contribution in [2.75, 3.05) is 0 Å². The number of hydrogen-bond acceptors (Lipinski definition) is 3. The predicted octanol–water partition coefficient (Wildman–Crippen LogP) is 5.20. The van der Waals surface area contributed by atoms with Gasteiger partial charge in [0, 0.05) is 16.8 Å². The topological polar surface area (TPSA) is 67.0 Å². The molecule has 0 unspecified atom stereocenters. The number of nitrogens with one attached hydrogen (secondary N) is 1. The van der Waals surface area contributed by atoms with Crippen molar-refractivity contribution in [3.8, 4) is 11.3 Å². The van der Waals surface area contributed by atoms with Crippen LogP contribution in [0.4, 0.5) is 0 Å². The zero-order valence-corrected chi connectivity index (χ0v) is 17.3. The largest absolute Gasteiger partial charge is 0.357 e. The van der Waals surface area contributed by atoms with Crippen LogP contribution in [-0.4, -0.2) is 19.2 Å². The minimum atomic E-state index is -3.55. The molecule has 0 aliphatic heterocycles. The molecule has 4 nitrogen and oxygen atoms in total. The highest BCUT2D eigenvalue weighted by molar-refractivity contribution is 7.90. The van der Waals surface area contributed by atoms with Gasteiger partial charge in [0.2, 0.25) is 0 Å². The van der Waals surface area contributed by atoms with Crippen molar-refractivity contribution in [1.82, 2.24) is 4.98 Å². The highest BCUT2D eigenvalue weighted by Crippen LogP contribution is 2.28. The first-order chi connectivity index (χ1) is 14.4.